The number of nitrogens with zero attached hydrogens (tertiary/aromatic N) is 2. The molecule has 0 saturated carbocycles. The Morgan fingerprint density at radius 1 is 1.04 bits per heavy atom. The highest BCUT2D eigenvalue weighted by molar-refractivity contribution is 6.31. The number of aryl methyl sites for hydroxylation is 1. The molecule has 0 fully saturated rings. The average Bonchev–Trinajstić information content (AvgIpc) is 2.99. The molecule has 0 unspecified atom stereocenters. The molecule has 7 heteroatoms. The third-order valence-corrected chi connectivity index (χ3v) is 3.95. The summed E-state index contributed by atoms with van der Waals surface area (Å²) in [6.45, 7) is 1.70. The van der Waals surface area contributed by atoms with Gasteiger partial charge in [0.25, 0.3) is 0 Å². The molecular formula is C18H13ClF3N2O. The molecule has 2 aromatic carbocycles. The first-order valence-electron chi connectivity index (χ1n) is 7.42. The van der Waals surface area contributed by atoms with Crippen molar-refractivity contribution in [2.24, 2.45) is 0 Å². The molecule has 129 valence electrons. The van der Waals surface area contributed by atoms with Crippen LogP contribution in [0.15, 0.2) is 46.9 Å². The lowest BCUT2D eigenvalue weighted by molar-refractivity contribution is -0.137. The zero-order valence-electron chi connectivity index (χ0n) is 13.1. The quantitative estimate of drug-likeness (QED) is 0.611. The van der Waals surface area contributed by atoms with Crippen molar-refractivity contribution in [2.45, 2.75) is 19.5 Å². The van der Waals surface area contributed by atoms with Crippen molar-refractivity contribution in [1.29, 1.82) is 0 Å². The van der Waals surface area contributed by atoms with Gasteiger partial charge in [-0.3, -0.25) is 0 Å². The van der Waals surface area contributed by atoms with Crippen LogP contribution in [-0.2, 0) is 12.6 Å². The van der Waals surface area contributed by atoms with E-state index in [1.54, 1.807) is 19.1 Å². The van der Waals surface area contributed by atoms with Crippen LogP contribution in [0, 0.1) is 13.3 Å². The maximum absolute atomic E-state index is 12.7. The van der Waals surface area contributed by atoms with Gasteiger partial charge < -0.3 is 4.42 Å². The first kappa shape index (κ1) is 17.5. The molecule has 1 heterocycles. The summed E-state index contributed by atoms with van der Waals surface area (Å²) in [5.74, 6) is 0.946. The Balaban J connectivity index is 1.81. The molecular weight excluding hydrogens is 353 g/mol. The summed E-state index contributed by atoms with van der Waals surface area (Å²) in [6.07, 6.45) is -2.10. The Labute approximate surface area is 147 Å². The molecule has 0 aliphatic rings. The number of aromatic nitrogens is 2. The summed E-state index contributed by atoms with van der Waals surface area (Å²) >= 11 is 6.19. The minimum Gasteiger partial charge on any atom is -0.426 e. The minimum atomic E-state index is -4.35. The summed E-state index contributed by atoms with van der Waals surface area (Å²) in [4.78, 5) is 0. The van der Waals surface area contributed by atoms with Crippen molar-refractivity contribution in [2.75, 3.05) is 0 Å². The molecule has 0 saturated heterocycles. The van der Waals surface area contributed by atoms with Crippen LogP contribution in [-0.4, -0.2) is 10.2 Å². The molecule has 0 aliphatic heterocycles. The zero-order valence-corrected chi connectivity index (χ0v) is 13.9. The lowest BCUT2D eigenvalue weighted by Gasteiger charge is -2.09. The van der Waals surface area contributed by atoms with E-state index in [0.717, 1.165) is 23.3 Å². The summed E-state index contributed by atoms with van der Waals surface area (Å²) in [6, 6.07) is 10.3. The topological polar surface area (TPSA) is 38.9 Å². The van der Waals surface area contributed by atoms with Crippen LogP contribution in [0.3, 0.4) is 0 Å². The molecule has 0 bridgehead atoms. The SMILES string of the molecule is Cc1nnc(C[CH]c2cc(-c3ccc(C(F)(F)F)cc3)ccc2Cl)o1. The van der Waals surface area contributed by atoms with E-state index in [-0.39, 0.29) is 0 Å². The molecule has 3 nitrogen and oxygen atoms in total. The van der Waals surface area contributed by atoms with Gasteiger partial charge >= 0.3 is 6.18 Å². The van der Waals surface area contributed by atoms with Crippen molar-refractivity contribution in [1.82, 2.24) is 10.2 Å². The zero-order chi connectivity index (χ0) is 18.0. The molecule has 0 aliphatic carbocycles. The van der Waals surface area contributed by atoms with E-state index in [1.165, 1.54) is 12.1 Å². The number of halogens is 4. The van der Waals surface area contributed by atoms with Gasteiger partial charge in [-0.1, -0.05) is 29.8 Å². The highest BCUT2D eigenvalue weighted by Crippen LogP contribution is 2.32. The van der Waals surface area contributed by atoms with E-state index in [0.29, 0.717) is 28.8 Å². The van der Waals surface area contributed by atoms with Gasteiger partial charge in [0.1, 0.15) is 0 Å². The van der Waals surface area contributed by atoms with Crippen LogP contribution in [0.2, 0.25) is 5.02 Å². The lowest BCUT2D eigenvalue weighted by atomic mass is 10.00. The van der Waals surface area contributed by atoms with Gasteiger partial charge in [-0.15, -0.1) is 10.2 Å². The van der Waals surface area contributed by atoms with Crippen molar-refractivity contribution < 1.29 is 17.6 Å². The summed E-state index contributed by atoms with van der Waals surface area (Å²) < 4.78 is 43.3. The molecule has 0 N–H and O–H groups in total. The predicted octanol–water partition coefficient (Wildman–Crippen LogP) is 5.51. The first-order chi connectivity index (χ1) is 11.8. The Hall–Kier alpha value is -2.34. The Morgan fingerprint density at radius 3 is 2.32 bits per heavy atom. The normalized spacial score (nSPS) is 11.7. The highest BCUT2D eigenvalue weighted by atomic mass is 35.5. The van der Waals surface area contributed by atoms with Crippen molar-refractivity contribution in [3.05, 3.63) is 76.8 Å². The molecule has 0 spiro atoms. The average molecular weight is 366 g/mol. The van der Waals surface area contributed by atoms with Gasteiger partial charge in [0.2, 0.25) is 11.8 Å². The fourth-order valence-corrected chi connectivity index (χ4v) is 2.54. The molecule has 0 amide bonds. The standard InChI is InChI=1S/C18H13ClF3N2O/c1-11-23-24-17(25-11)9-5-14-10-13(4-8-16(14)19)12-2-6-15(7-3-12)18(20,21)22/h2-8,10H,9H2,1H3. The first-order valence-corrected chi connectivity index (χ1v) is 7.80. The Morgan fingerprint density at radius 2 is 1.72 bits per heavy atom. The smallest absolute Gasteiger partial charge is 0.416 e. The van der Waals surface area contributed by atoms with Crippen LogP contribution >= 0.6 is 11.6 Å². The van der Waals surface area contributed by atoms with Gasteiger partial charge in [0, 0.05) is 24.8 Å². The second-order valence-corrected chi connectivity index (χ2v) is 5.84. The second kappa shape index (κ2) is 6.88. The lowest BCUT2D eigenvalue weighted by Crippen LogP contribution is -2.04. The summed E-state index contributed by atoms with van der Waals surface area (Å²) in [5, 5.41) is 8.19. The highest BCUT2D eigenvalue weighted by Gasteiger charge is 2.29. The minimum absolute atomic E-state index is 0.414. The number of rotatable bonds is 4. The van der Waals surface area contributed by atoms with Crippen molar-refractivity contribution in [3.8, 4) is 11.1 Å². The van der Waals surface area contributed by atoms with Crippen LogP contribution < -0.4 is 0 Å². The Kier molecular flexibility index (Phi) is 4.81. The molecule has 1 radical (unpaired) electrons. The van der Waals surface area contributed by atoms with Gasteiger partial charge in [-0.05, 0) is 41.0 Å². The van der Waals surface area contributed by atoms with Gasteiger partial charge in [-0.25, -0.2) is 0 Å². The predicted molar refractivity (Wildman–Crippen MR) is 88.0 cm³/mol. The molecule has 3 aromatic rings. The van der Waals surface area contributed by atoms with E-state index in [2.05, 4.69) is 10.2 Å². The van der Waals surface area contributed by atoms with Crippen molar-refractivity contribution in [3.63, 3.8) is 0 Å². The van der Waals surface area contributed by atoms with E-state index in [1.807, 2.05) is 12.5 Å². The fraction of sp³-hybridized carbons (Fsp3) is 0.167. The summed E-state index contributed by atoms with van der Waals surface area (Å²) in [7, 11) is 0. The molecule has 1 aromatic heterocycles. The largest absolute Gasteiger partial charge is 0.426 e. The van der Waals surface area contributed by atoms with Gasteiger partial charge in [0.05, 0.1) is 5.56 Å². The number of hydrogen-bond acceptors (Lipinski definition) is 3. The van der Waals surface area contributed by atoms with Gasteiger partial charge in [-0.2, -0.15) is 13.2 Å². The fourth-order valence-electron chi connectivity index (χ4n) is 2.35. The van der Waals surface area contributed by atoms with Crippen molar-refractivity contribution >= 4 is 11.6 Å². The molecule has 0 atom stereocenters. The second-order valence-electron chi connectivity index (χ2n) is 5.43. The van der Waals surface area contributed by atoms with Crippen LogP contribution in [0.5, 0.6) is 0 Å². The van der Waals surface area contributed by atoms with E-state index in [9.17, 15) is 13.2 Å². The summed E-state index contributed by atoms with van der Waals surface area (Å²) in [5.41, 5.74) is 1.51. The molecule has 3 rings (SSSR count). The number of hydrogen-bond donors (Lipinski definition) is 0. The Bertz CT molecular complexity index is 873. The van der Waals surface area contributed by atoms with Crippen LogP contribution in [0.4, 0.5) is 13.2 Å². The third kappa shape index (κ3) is 4.20. The van der Waals surface area contributed by atoms with Crippen LogP contribution in [0.25, 0.3) is 11.1 Å². The maximum Gasteiger partial charge on any atom is 0.416 e. The van der Waals surface area contributed by atoms with Crippen LogP contribution in [0.1, 0.15) is 22.9 Å². The number of benzene rings is 2. The monoisotopic (exact) mass is 365 g/mol. The molecule has 25 heavy (non-hydrogen) atoms. The van der Waals surface area contributed by atoms with E-state index < -0.39 is 11.7 Å². The van der Waals surface area contributed by atoms with Gasteiger partial charge in [0.15, 0.2) is 0 Å². The van der Waals surface area contributed by atoms with E-state index >= 15 is 0 Å². The maximum atomic E-state index is 12.7. The third-order valence-electron chi connectivity index (χ3n) is 3.61. The van der Waals surface area contributed by atoms with E-state index in [4.69, 9.17) is 16.0 Å². The number of alkyl halides is 3.